The topological polar surface area (TPSA) is 101 Å². The lowest BCUT2D eigenvalue weighted by molar-refractivity contribution is -0.113. The normalized spacial score (nSPS) is 13.0. The molecule has 8 nitrogen and oxygen atoms in total. The molecule has 0 unspecified atom stereocenters. The summed E-state index contributed by atoms with van der Waals surface area (Å²) in [6, 6.07) is 18.0. The van der Waals surface area contributed by atoms with Crippen LogP contribution in [0, 0.1) is 17.1 Å². The molecule has 0 bridgehead atoms. The maximum absolute atomic E-state index is 14.3. The standard InChI is InChI=1S/C23H18FN7OS/c24-19-9-5-4-8-18(19)22-28-29-23(30(22)16-10-11-16)33-14-20(32)27-21-15(12-25)13-26-31(21)17-6-2-1-3-7-17/h1-9,13,16H,10-11,14H2,(H,27,32). The van der Waals surface area contributed by atoms with Crippen molar-refractivity contribution in [2.24, 2.45) is 0 Å². The van der Waals surface area contributed by atoms with E-state index >= 15 is 0 Å². The second-order valence-corrected chi connectivity index (χ2v) is 8.43. The molecule has 33 heavy (non-hydrogen) atoms. The van der Waals surface area contributed by atoms with Crippen LogP contribution in [0.15, 0.2) is 66.0 Å². The average Bonchev–Trinajstić information content (AvgIpc) is 3.46. The first-order valence-corrected chi connectivity index (χ1v) is 11.3. The number of hydrogen-bond acceptors (Lipinski definition) is 6. The van der Waals surface area contributed by atoms with Gasteiger partial charge >= 0.3 is 0 Å². The van der Waals surface area contributed by atoms with Crippen LogP contribution in [-0.4, -0.2) is 36.2 Å². The Kier molecular flexibility index (Phi) is 5.62. The number of nitrogens with zero attached hydrogens (tertiary/aromatic N) is 6. The second kappa shape index (κ2) is 8.88. The quantitative estimate of drug-likeness (QED) is 0.416. The lowest BCUT2D eigenvalue weighted by Crippen LogP contribution is -2.18. The van der Waals surface area contributed by atoms with E-state index in [0.29, 0.717) is 22.4 Å². The molecule has 2 aromatic carbocycles. The second-order valence-electron chi connectivity index (χ2n) is 7.49. The zero-order valence-corrected chi connectivity index (χ0v) is 18.2. The van der Waals surface area contributed by atoms with Gasteiger partial charge in [0, 0.05) is 6.04 Å². The summed E-state index contributed by atoms with van der Waals surface area (Å²) >= 11 is 1.22. The van der Waals surface area contributed by atoms with Crippen molar-refractivity contribution in [2.45, 2.75) is 24.0 Å². The van der Waals surface area contributed by atoms with Gasteiger partial charge in [0.25, 0.3) is 0 Å². The monoisotopic (exact) mass is 459 g/mol. The summed E-state index contributed by atoms with van der Waals surface area (Å²) in [7, 11) is 0. The summed E-state index contributed by atoms with van der Waals surface area (Å²) in [6.45, 7) is 0. The van der Waals surface area contributed by atoms with E-state index in [1.807, 2.05) is 34.9 Å². The van der Waals surface area contributed by atoms with E-state index < -0.39 is 0 Å². The third-order valence-corrected chi connectivity index (χ3v) is 6.12. The zero-order chi connectivity index (χ0) is 22.8. The lowest BCUT2D eigenvalue weighted by Gasteiger charge is -2.11. The van der Waals surface area contributed by atoms with Crippen LogP contribution in [0.5, 0.6) is 0 Å². The number of thioether (sulfide) groups is 1. The first-order valence-electron chi connectivity index (χ1n) is 10.3. The Balaban J connectivity index is 1.35. The maximum Gasteiger partial charge on any atom is 0.236 e. The van der Waals surface area contributed by atoms with Gasteiger partial charge in [-0.3, -0.25) is 9.36 Å². The van der Waals surface area contributed by atoms with E-state index in [9.17, 15) is 14.4 Å². The van der Waals surface area contributed by atoms with Gasteiger partial charge in [-0.05, 0) is 37.1 Å². The lowest BCUT2D eigenvalue weighted by atomic mass is 10.2. The number of carbonyl (C=O) groups is 1. The number of para-hydroxylation sites is 1. The van der Waals surface area contributed by atoms with E-state index in [1.54, 1.807) is 18.2 Å². The van der Waals surface area contributed by atoms with Crippen LogP contribution < -0.4 is 5.32 Å². The number of benzene rings is 2. The van der Waals surface area contributed by atoms with E-state index in [2.05, 4.69) is 26.7 Å². The smallest absolute Gasteiger partial charge is 0.236 e. The molecular weight excluding hydrogens is 441 g/mol. The minimum absolute atomic E-state index is 0.0486. The van der Waals surface area contributed by atoms with Gasteiger partial charge in [-0.25, -0.2) is 9.07 Å². The summed E-state index contributed by atoms with van der Waals surface area (Å²) in [4.78, 5) is 12.8. The highest BCUT2D eigenvalue weighted by Gasteiger charge is 2.31. The number of rotatable bonds is 7. The fourth-order valence-corrected chi connectivity index (χ4v) is 4.28. The number of halogens is 1. The highest BCUT2D eigenvalue weighted by Crippen LogP contribution is 2.41. The van der Waals surface area contributed by atoms with Crippen molar-refractivity contribution in [3.63, 3.8) is 0 Å². The highest BCUT2D eigenvalue weighted by molar-refractivity contribution is 7.99. The number of carbonyl (C=O) groups excluding carboxylic acids is 1. The van der Waals surface area contributed by atoms with Gasteiger partial charge in [0.2, 0.25) is 5.91 Å². The molecule has 2 heterocycles. The summed E-state index contributed by atoms with van der Waals surface area (Å²) in [5, 5.41) is 25.4. The highest BCUT2D eigenvalue weighted by atomic mass is 32.2. The molecule has 1 aliphatic carbocycles. The van der Waals surface area contributed by atoms with Gasteiger partial charge in [0.15, 0.2) is 16.8 Å². The van der Waals surface area contributed by atoms with Crippen LogP contribution in [0.25, 0.3) is 17.1 Å². The maximum atomic E-state index is 14.3. The van der Waals surface area contributed by atoms with E-state index in [-0.39, 0.29) is 29.1 Å². The molecule has 1 fully saturated rings. The Morgan fingerprint density at radius 1 is 1.15 bits per heavy atom. The number of aromatic nitrogens is 5. The Labute approximate surface area is 193 Å². The minimum atomic E-state index is -0.362. The molecule has 4 aromatic rings. The predicted molar refractivity (Wildman–Crippen MR) is 121 cm³/mol. The van der Waals surface area contributed by atoms with E-state index in [4.69, 9.17) is 0 Å². The molecule has 1 N–H and O–H groups in total. The Morgan fingerprint density at radius 3 is 2.64 bits per heavy atom. The van der Waals surface area contributed by atoms with Crippen molar-refractivity contribution in [2.75, 3.05) is 11.1 Å². The third-order valence-electron chi connectivity index (χ3n) is 5.17. The summed E-state index contributed by atoms with van der Waals surface area (Å²) in [5.41, 5.74) is 1.38. The summed E-state index contributed by atoms with van der Waals surface area (Å²) < 4.78 is 17.8. The van der Waals surface area contributed by atoms with E-state index in [1.165, 1.54) is 28.7 Å². The van der Waals surface area contributed by atoms with E-state index in [0.717, 1.165) is 18.5 Å². The van der Waals surface area contributed by atoms with Crippen molar-refractivity contribution < 1.29 is 9.18 Å². The summed E-state index contributed by atoms with van der Waals surface area (Å²) in [6.07, 6.45) is 3.34. The molecule has 0 spiro atoms. The van der Waals surface area contributed by atoms with Crippen LogP contribution in [0.3, 0.4) is 0 Å². The molecule has 1 saturated carbocycles. The molecule has 164 valence electrons. The van der Waals surface area contributed by atoms with Gasteiger partial charge < -0.3 is 5.32 Å². The first-order chi connectivity index (χ1) is 16.2. The van der Waals surface area contributed by atoms with Crippen molar-refractivity contribution in [1.82, 2.24) is 24.5 Å². The summed E-state index contributed by atoms with van der Waals surface area (Å²) in [5.74, 6) is 0.149. The molecule has 5 rings (SSSR count). The van der Waals surface area contributed by atoms with Gasteiger partial charge in [-0.1, -0.05) is 42.1 Å². The van der Waals surface area contributed by atoms with Gasteiger partial charge in [0.1, 0.15) is 17.4 Å². The fourth-order valence-electron chi connectivity index (χ4n) is 3.48. The van der Waals surface area contributed by atoms with Crippen LogP contribution in [-0.2, 0) is 4.79 Å². The predicted octanol–water partition coefficient (Wildman–Crippen LogP) is 4.21. The molecule has 0 saturated heterocycles. The SMILES string of the molecule is N#Cc1cnn(-c2ccccc2)c1NC(=O)CSc1nnc(-c2ccccc2F)n1C1CC1. The molecule has 0 radical (unpaired) electrons. The van der Waals surface area contributed by atoms with Crippen molar-refractivity contribution in [1.29, 1.82) is 5.26 Å². The Morgan fingerprint density at radius 2 is 1.91 bits per heavy atom. The third kappa shape index (κ3) is 4.23. The van der Waals surface area contributed by atoms with Crippen LogP contribution in [0.4, 0.5) is 10.2 Å². The molecule has 10 heteroatoms. The number of amides is 1. The van der Waals surface area contributed by atoms with Gasteiger partial charge in [0.05, 0.1) is 23.2 Å². The molecule has 1 amide bonds. The molecular formula is C23H18FN7OS. The van der Waals surface area contributed by atoms with Gasteiger partial charge in [-0.2, -0.15) is 10.4 Å². The number of nitriles is 1. The van der Waals surface area contributed by atoms with Crippen molar-refractivity contribution >= 4 is 23.5 Å². The molecule has 0 aliphatic heterocycles. The van der Waals surface area contributed by atoms with Crippen LogP contribution >= 0.6 is 11.8 Å². The van der Waals surface area contributed by atoms with Crippen molar-refractivity contribution in [3.8, 4) is 23.1 Å². The number of nitrogens with one attached hydrogen (secondary N) is 1. The first kappa shape index (κ1) is 20.9. The van der Waals surface area contributed by atoms with Crippen LogP contribution in [0.1, 0.15) is 24.4 Å². The Hall–Kier alpha value is -3.97. The largest absolute Gasteiger partial charge is 0.309 e. The fraction of sp³-hybridized carbons (Fsp3) is 0.174. The number of anilines is 1. The van der Waals surface area contributed by atoms with Gasteiger partial charge in [-0.15, -0.1) is 10.2 Å². The van der Waals surface area contributed by atoms with Crippen molar-refractivity contribution in [3.05, 3.63) is 72.2 Å². The minimum Gasteiger partial charge on any atom is -0.309 e. The molecule has 1 aliphatic rings. The van der Waals surface area contributed by atoms with Crippen LogP contribution in [0.2, 0.25) is 0 Å². The number of hydrogen-bond donors (Lipinski definition) is 1. The molecule has 0 atom stereocenters. The molecule has 2 aromatic heterocycles. The average molecular weight is 460 g/mol. The Bertz CT molecular complexity index is 1350. The zero-order valence-electron chi connectivity index (χ0n) is 17.3.